The van der Waals surface area contributed by atoms with Crippen LogP contribution in [0.15, 0.2) is 48.5 Å². The number of aliphatic hydroxyl groups is 2. The van der Waals surface area contributed by atoms with Gasteiger partial charge in [-0.2, -0.15) is 0 Å². The molecule has 156 valence electrons. The van der Waals surface area contributed by atoms with E-state index in [4.69, 9.17) is 0 Å². The summed E-state index contributed by atoms with van der Waals surface area (Å²) in [7, 11) is 0. The van der Waals surface area contributed by atoms with Crippen LogP contribution >= 0.6 is 0 Å². The standard InChI is InChI=1S/C27H30O3/c1-26(2,29)19-17-23-9-5-21(6-10-23)13-15-25(28)16-14-22-7-11-24(12-8-22)18-20-27(3,4)30/h5-12,29-30H,13-16H2,1-4H3. The van der Waals surface area contributed by atoms with Crippen LogP contribution in [0.5, 0.6) is 0 Å². The van der Waals surface area contributed by atoms with Crippen LogP contribution in [0, 0.1) is 23.7 Å². The van der Waals surface area contributed by atoms with Gasteiger partial charge in [0.05, 0.1) is 0 Å². The summed E-state index contributed by atoms with van der Waals surface area (Å²) in [4.78, 5) is 12.2. The van der Waals surface area contributed by atoms with E-state index < -0.39 is 11.2 Å². The van der Waals surface area contributed by atoms with Crippen molar-refractivity contribution in [3.05, 3.63) is 70.8 Å². The molecule has 0 amide bonds. The molecule has 2 aromatic carbocycles. The third-order valence-electron chi connectivity index (χ3n) is 4.32. The Balaban J connectivity index is 1.79. The summed E-state index contributed by atoms with van der Waals surface area (Å²) < 4.78 is 0. The maximum atomic E-state index is 12.2. The Morgan fingerprint density at radius 1 is 0.700 bits per heavy atom. The van der Waals surface area contributed by atoms with E-state index >= 15 is 0 Å². The summed E-state index contributed by atoms with van der Waals surface area (Å²) in [6, 6.07) is 15.6. The van der Waals surface area contributed by atoms with Gasteiger partial charge < -0.3 is 10.2 Å². The lowest BCUT2D eigenvalue weighted by atomic mass is 10.0. The van der Waals surface area contributed by atoms with Crippen molar-refractivity contribution in [2.24, 2.45) is 0 Å². The first-order valence-corrected chi connectivity index (χ1v) is 10.2. The van der Waals surface area contributed by atoms with E-state index in [0.29, 0.717) is 25.7 Å². The topological polar surface area (TPSA) is 57.5 Å². The van der Waals surface area contributed by atoms with Crippen molar-refractivity contribution in [3.8, 4) is 23.7 Å². The van der Waals surface area contributed by atoms with Crippen molar-refractivity contribution in [2.45, 2.75) is 64.6 Å². The first-order valence-electron chi connectivity index (χ1n) is 10.2. The fourth-order valence-electron chi connectivity index (χ4n) is 2.65. The predicted molar refractivity (Wildman–Crippen MR) is 121 cm³/mol. The minimum absolute atomic E-state index is 0.242. The lowest BCUT2D eigenvalue weighted by Gasteiger charge is -2.06. The first-order chi connectivity index (χ1) is 14.0. The maximum Gasteiger partial charge on any atom is 0.133 e. The van der Waals surface area contributed by atoms with E-state index in [9.17, 15) is 15.0 Å². The van der Waals surface area contributed by atoms with Crippen LogP contribution < -0.4 is 0 Å². The average Bonchev–Trinajstić information content (AvgIpc) is 2.68. The Bertz CT molecular complexity index is 880. The molecule has 3 nitrogen and oxygen atoms in total. The molecule has 0 bridgehead atoms. The minimum Gasteiger partial charge on any atom is -0.378 e. The number of ketones is 1. The molecule has 0 unspecified atom stereocenters. The van der Waals surface area contributed by atoms with Crippen LogP contribution in [0.3, 0.4) is 0 Å². The number of aryl methyl sites for hydroxylation is 2. The lowest BCUT2D eigenvalue weighted by molar-refractivity contribution is -0.119. The largest absolute Gasteiger partial charge is 0.378 e. The molecule has 0 heterocycles. The van der Waals surface area contributed by atoms with Crippen LogP contribution in [0.2, 0.25) is 0 Å². The van der Waals surface area contributed by atoms with Gasteiger partial charge in [-0.25, -0.2) is 0 Å². The van der Waals surface area contributed by atoms with Gasteiger partial charge in [0, 0.05) is 24.0 Å². The number of rotatable bonds is 6. The van der Waals surface area contributed by atoms with Gasteiger partial charge in [0.25, 0.3) is 0 Å². The SMILES string of the molecule is CC(C)(O)C#Cc1ccc(CCC(=O)CCc2ccc(C#CC(C)(C)O)cc2)cc1. The quantitative estimate of drug-likeness (QED) is 0.716. The Hall–Kier alpha value is -2.85. The molecule has 0 atom stereocenters. The molecule has 0 aliphatic carbocycles. The molecule has 2 aromatic rings. The normalized spacial score (nSPS) is 11.1. The van der Waals surface area contributed by atoms with Crippen LogP contribution in [-0.4, -0.2) is 27.2 Å². The summed E-state index contributed by atoms with van der Waals surface area (Å²) in [6.07, 6.45) is 2.46. The monoisotopic (exact) mass is 402 g/mol. The molecule has 2 N–H and O–H groups in total. The zero-order valence-corrected chi connectivity index (χ0v) is 18.2. The van der Waals surface area contributed by atoms with E-state index in [1.54, 1.807) is 27.7 Å². The van der Waals surface area contributed by atoms with Crippen LogP contribution in [0.1, 0.15) is 62.8 Å². The summed E-state index contributed by atoms with van der Waals surface area (Å²) in [5.41, 5.74) is 1.90. The van der Waals surface area contributed by atoms with Crippen molar-refractivity contribution in [3.63, 3.8) is 0 Å². The molecule has 0 spiro atoms. The molecule has 0 saturated heterocycles. The molecule has 0 aliphatic heterocycles. The highest BCUT2D eigenvalue weighted by Crippen LogP contribution is 2.11. The molecule has 0 radical (unpaired) electrons. The minimum atomic E-state index is -1.00. The maximum absolute atomic E-state index is 12.2. The highest BCUT2D eigenvalue weighted by Gasteiger charge is 2.07. The number of benzene rings is 2. The van der Waals surface area contributed by atoms with Gasteiger partial charge in [-0.15, -0.1) is 0 Å². The number of hydrogen-bond acceptors (Lipinski definition) is 3. The van der Waals surface area contributed by atoms with Crippen LogP contribution in [0.25, 0.3) is 0 Å². The Morgan fingerprint density at radius 2 is 1.03 bits per heavy atom. The highest BCUT2D eigenvalue weighted by atomic mass is 16.3. The summed E-state index contributed by atoms with van der Waals surface area (Å²) in [5.74, 6) is 11.7. The van der Waals surface area contributed by atoms with E-state index in [1.807, 2.05) is 48.5 Å². The second-order valence-corrected chi connectivity index (χ2v) is 8.55. The Labute approximate surface area is 180 Å². The predicted octanol–water partition coefficient (Wildman–Crippen LogP) is 4.07. The fourth-order valence-corrected chi connectivity index (χ4v) is 2.65. The molecule has 0 aliphatic rings. The van der Waals surface area contributed by atoms with Crippen molar-refractivity contribution < 1.29 is 15.0 Å². The van der Waals surface area contributed by atoms with Crippen molar-refractivity contribution >= 4 is 5.78 Å². The average molecular weight is 403 g/mol. The number of carbonyl (C=O) groups is 1. The zero-order valence-electron chi connectivity index (χ0n) is 18.2. The molecule has 0 aromatic heterocycles. The van der Waals surface area contributed by atoms with E-state index in [2.05, 4.69) is 23.7 Å². The summed E-state index contributed by atoms with van der Waals surface area (Å²) in [5, 5.41) is 19.3. The number of Topliss-reactive ketones (excluding diaryl/α,β-unsaturated/α-hetero) is 1. The lowest BCUT2D eigenvalue weighted by Crippen LogP contribution is -2.14. The molecular formula is C27H30O3. The van der Waals surface area contributed by atoms with Gasteiger partial charge in [-0.3, -0.25) is 4.79 Å². The van der Waals surface area contributed by atoms with Gasteiger partial charge in [0.2, 0.25) is 0 Å². The molecule has 0 fully saturated rings. The molecule has 3 heteroatoms. The van der Waals surface area contributed by atoms with Gasteiger partial charge in [-0.1, -0.05) is 47.9 Å². The van der Waals surface area contributed by atoms with Gasteiger partial charge in [0.1, 0.15) is 17.0 Å². The van der Waals surface area contributed by atoms with Gasteiger partial charge in [0.15, 0.2) is 0 Å². The Morgan fingerprint density at radius 3 is 1.33 bits per heavy atom. The van der Waals surface area contributed by atoms with Crippen molar-refractivity contribution in [1.82, 2.24) is 0 Å². The second kappa shape index (κ2) is 10.3. The van der Waals surface area contributed by atoms with E-state index in [-0.39, 0.29) is 5.78 Å². The van der Waals surface area contributed by atoms with E-state index in [1.165, 1.54) is 0 Å². The van der Waals surface area contributed by atoms with Crippen molar-refractivity contribution in [2.75, 3.05) is 0 Å². The number of carbonyl (C=O) groups excluding carboxylic acids is 1. The molecular weight excluding hydrogens is 372 g/mol. The van der Waals surface area contributed by atoms with Crippen LogP contribution in [0.4, 0.5) is 0 Å². The smallest absolute Gasteiger partial charge is 0.133 e. The second-order valence-electron chi connectivity index (χ2n) is 8.55. The number of hydrogen-bond donors (Lipinski definition) is 2. The zero-order chi connectivity index (χ0) is 22.2. The third-order valence-corrected chi connectivity index (χ3v) is 4.32. The van der Waals surface area contributed by atoms with E-state index in [0.717, 1.165) is 22.3 Å². The molecule has 0 saturated carbocycles. The van der Waals surface area contributed by atoms with Crippen molar-refractivity contribution in [1.29, 1.82) is 0 Å². The van der Waals surface area contributed by atoms with Crippen LogP contribution in [-0.2, 0) is 17.6 Å². The summed E-state index contributed by atoms with van der Waals surface area (Å²) in [6.45, 7) is 6.61. The molecule has 30 heavy (non-hydrogen) atoms. The third kappa shape index (κ3) is 9.57. The Kier molecular flexibility index (Phi) is 8.01. The summed E-state index contributed by atoms with van der Waals surface area (Å²) >= 11 is 0. The van der Waals surface area contributed by atoms with Gasteiger partial charge in [-0.05, 0) is 75.9 Å². The highest BCUT2D eigenvalue weighted by molar-refractivity contribution is 5.78. The van der Waals surface area contributed by atoms with Gasteiger partial charge >= 0.3 is 0 Å². The fraction of sp³-hybridized carbons (Fsp3) is 0.370. The molecule has 2 rings (SSSR count). The first kappa shape index (κ1) is 23.4.